The van der Waals surface area contributed by atoms with E-state index < -0.39 is 0 Å². The van der Waals surface area contributed by atoms with Crippen LogP contribution in [0, 0.1) is 0 Å². The molecule has 5 rings (SSSR count). The first-order chi connectivity index (χ1) is 16.9. The molecule has 174 valence electrons. The normalized spacial score (nSPS) is 11.6. The number of ether oxygens (including phenoxy) is 2. The monoisotopic (exact) mass is 458 g/mol. The van der Waals surface area contributed by atoms with Gasteiger partial charge in [0.25, 0.3) is 0 Å². The predicted molar refractivity (Wildman–Crippen MR) is 124 cm³/mol. The van der Waals surface area contributed by atoms with Crippen molar-refractivity contribution in [2.75, 3.05) is 13.2 Å². The molecule has 0 fully saturated rings. The van der Waals surface area contributed by atoms with Gasteiger partial charge in [0.05, 0.1) is 26.4 Å². The van der Waals surface area contributed by atoms with Gasteiger partial charge in [0, 0.05) is 49.6 Å². The van der Waals surface area contributed by atoms with Crippen molar-refractivity contribution in [3.8, 4) is 0 Å². The van der Waals surface area contributed by atoms with Gasteiger partial charge in [-0.05, 0) is 35.4 Å². The standard InChI is InChI=1S/C24H26N8O2/c1-2-8-22(18-34-20-24(31-15-5-11-27-31)32-16-6-12-28-32)21(7-1)17-33-19-23(29-13-3-9-25-29)30-14-4-10-26-30/h1-16,23-24H,17-20H2. The molecule has 0 spiro atoms. The summed E-state index contributed by atoms with van der Waals surface area (Å²) < 4.78 is 19.6. The third kappa shape index (κ3) is 5.13. The molecule has 5 aromatic rings. The van der Waals surface area contributed by atoms with Gasteiger partial charge in [-0.3, -0.25) is 0 Å². The summed E-state index contributed by atoms with van der Waals surface area (Å²) in [5.74, 6) is 0. The Kier molecular flexibility index (Phi) is 6.88. The summed E-state index contributed by atoms with van der Waals surface area (Å²) in [5.41, 5.74) is 2.16. The summed E-state index contributed by atoms with van der Waals surface area (Å²) in [6.45, 7) is 1.78. The van der Waals surface area contributed by atoms with Crippen molar-refractivity contribution in [1.82, 2.24) is 39.1 Å². The molecule has 4 heterocycles. The summed E-state index contributed by atoms with van der Waals surface area (Å²) in [6.07, 6.45) is 14.3. The molecule has 0 saturated heterocycles. The second-order valence-corrected chi connectivity index (χ2v) is 7.70. The minimum absolute atomic E-state index is 0.155. The molecule has 4 aromatic heterocycles. The molecule has 0 N–H and O–H groups in total. The molecule has 1 aromatic carbocycles. The van der Waals surface area contributed by atoms with Crippen LogP contribution in [-0.2, 0) is 22.7 Å². The van der Waals surface area contributed by atoms with Crippen LogP contribution in [0.3, 0.4) is 0 Å². The third-order valence-electron chi connectivity index (χ3n) is 5.49. The van der Waals surface area contributed by atoms with Gasteiger partial charge >= 0.3 is 0 Å². The molecule has 0 amide bonds. The Hall–Kier alpha value is -4.02. The van der Waals surface area contributed by atoms with Crippen molar-refractivity contribution in [2.45, 2.75) is 25.5 Å². The Morgan fingerprint density at radius 1 is 0.529 bits per heavy atom. The smallest absolute Gasteiger partial charge is 0.166 e. The second-order valence-electron chi connectivity index (χ2n) is 7.70. The maximum atomic E-state index is 6.11. The Morgan fingerprint density at radius 3 is 1.18 bits per heavy atom. The number of hydrogen-bond acceptors (Lipinski definition) is 6. The molecule has 0 unspecified atom stereocenters. The summed E-state index contributed by atoms with van der Waals surface area (Å²) in [6, 6.07) is 15.7. The lowest BCUT2D eigenvalue weighted by molar-refractivity contribution is 0.0622. The number of aromatic nitrogens is 8. The Balaban J connectivity index is 1.20. The molecule has 0 aliphatic rings. The van der Waals surface area contributed by atoms with Crippen LogP contribution in [0.5, 0.6) is 0 Å². The summed E-state index contributed by atoms with van der Waals surface area (Å²) in [4.78, 5) is 0. The van der Waals surface area contributed by atoms with E-state index in [1.165, 1.54) is 0 Å². The first-order valence-corrected chi connectivity index (χ1v) is 11.1. The number of rotatable bonds is 12. The van der Waals surface area contributed by atoms with Gasteiger partial charge in [-0.15, -0.1) is 0 Å². The molecule has 0 aliphatic carbocycles. The Morgan fingerprint density at radius 2 is 0.882 bits per heavy atom. The molecule has 34 heavy (non-hydrogen) atoms. The first-order valence-electron chi connectivity index (χ1n) is 11.1. The van der Waals surface area contributed by atoms with Gasteiger partial charge in [-0.1, -0.05) is 24.3 Å². The Labute approximate surface area is 197 Å². The summed E-state index contributed by atoms with van der Waals surface area (Å²) >= 11 is 0. The van der Waals surface area contributed by atoms with E-state index >= 15 is 0 Å². The van der Waals surface area contributed by atoms with Crippen molar-refractivity contribution in [1.29, 1.82) is 0 Å². The zero-order valence-electron chi connectivity index (χ0n) is 18.6. The lowest BCUT2D eigenvalue weighted by Gasteiger charge is -2.20. The molecule has 0 bridgehead atoms. The lowest BCUT2D eigenvalue weighted by Crippen LogP contribution is -2.24. The van der Waals surface area contributed by atoms with Crippen LogP contribution in [0.4, 0.5) is 0 Å². The van der Waals surface area contributed by atoms with Crippen molar-refractivity contribution < 1.29 is 9.47 Å². The van der Waals surface area contributed by atoms with Gasteiger partial charge in [0.1, 0.15) is 0 Å². The first kappa shape index (κ1) is 21.8. The molecular weight excluding hydrogens is 432 g/mol. The van der Waals surface area contributed by atoms with E-state index in [1.807, 2.05) is 79.9 Å². The quantitative estimate of drug-likeness (QED) is 0.286. The van der Waals surface area contributed by atoms with Gasteiger partial charge < -0.3 is 9.47 Å². The van der Waals surface area contributed by atoms with E-state index in [0.717, 1.165) is 11.1 Å². The Bertz CT molecular complexity index is 1050. The third-order valence-corrected chi connectivity index (χ3v) is 5.49. The van der Waals surface area contributed by atoms with E-state index in [0.29, 0.717) is 26.4 Å². The molecule has 0 saturated carbocycles. The van der Waals surface area contributed by atoms with Crippen LogP contribution < -0.4 is 0 Å². The molecule has 0 atom stereocenters. The topological polar surface area (TPSA) is 89.7 Å². The van der Waals surface area contributed by atoms with Crippen molar-refractivity contribution in [2.24, 2.45) is 0 Å². The van der Waals surface area contributed by atoms with E-state index in [2.05, 4.69) is 32.5 Å². The van der Waals surface area contributed by atoms with Gasteiger partial charge in [-0.25, -0.2) is 18.7 Å². The maximum absolute atomic E-state index is 6.11. The van der Waals surface area contributed by atoms with Gasteiger partial charge in [0.15, 0.2) is 12.3 Å². The minimum atomic E-state index is -0.155. The van der Waals surface area contributed by atoms with Gasteiger partial charge in [0.2, 0.25) is 0 Å². The summed E-state index contributed by atoms with van der Waals surface area (Å²) in [7, 11) is 0. The van der Waals surface area contributed by atoms with Crippen LogP contribution in [0.15, 0.2) is 98.1 Å². The molecule has 10 heteroatoms. The SMILES string of the molecule is c1ccc(COCC(n2cccn2)n2cccn2)c(COCC(n2cccn2)n2cccn2)c1. The maximum Gasteiger partial charge on any atom is 0.166 e. The average molecular weight is 459 g/mol. The van der Waals surface area contributed by atoms with Crippen molar-refractivity contribution >= 4 is 0 Å². The number of benzene rings is 1. The fourth-order valence-electron chi connectivity index (χ4n) is 3.76. The zero-order valence-corrected chi connectivity index (χ0v) is 18.6. The molecular formula is C24H26N8O2. The molecule has 0 aliphatic heterocycles. The summed E-state index contributed by atoms with van der Waals surface area (Å²) in [5, 5.41) is 17.4. The van der Waals surface area contributed by atoms with E-state index in [4.69, 9.17) is 9.47 Å². The molecule has 10 nitrogen and oxygen atoms in total. The van der Waals surface area contributed by atoms with Crippen molar-refractivity contribution in [3.63, 3.8) is 0 Å². The van der Waals surface area contributed by atoms with E-state index in [9.17, 15) is 0 Å². The zero-order chi connectivity index (χ0) is 23.0. The second kappa shape index (κ2) is 10.7. The van der Waals surface area contributed by atoms with Gasteiger partial charge in [-0.2, -0.15) is 20.4 Å². The van der Waals surface area contributed by atoms with Crippen LogP contribution in [0.25, 0.3) is 0 Å². The number of nitrogens with zero attached hydrogens (tertiary/aromatic N) is 8. The fraction of sp³-hybridized carbons (Fsp3) is 0.250. The fourth-order valence-corrected chi connectivity index (χ4v) is 3.76. The van der Waals surface area contributed by atoms with Crippen LogP contribution >= 0.6 is 0 Å². The van der Waals surface area contributed by atoms with Crippen LogP contribution in [0.1, 0.15) is 23.5 Å². The highest BCUT2D eigenvalue weighted by molar-refractivity contribution is 5.25. The van der Waals surface area contributed by atoms with E-state index in [1.54, 1.807) is 24.8 Å². The largest absolute Gasteiger partial charge is 0.373 e. The van der Waals surface area contributed by atoms with Crippen LogP contribution in [0.2, 0.25) is 0 Å². The average Bonchev–Trinajstić information content (AvgIpc) is 3.68. The predicted octanol–water partition coefficient (Wildman–Crippen LogP) is 3.00. The highest BCUT2D eigenvalue weighted by Gasteiger charge is 2.16. The minimum Gasteiger partial charge on any atom is -0.373 e. The van der Waals surface area contributed by atoms with Crippen molar-refractivity contribution in [3.05, 3.63) is 109 Å². The number of hydrogen-bond donors (Lipinski definition) is 0. The molecule has 0 radical (unpaired) electrons. The van der Waals surface area contributed by atoms with E-state index in [-0.39, 0.29) is 12.3 Å². The van der Waals surface area contributed by atoms with Crippen LogP contribution in [-0.4, -0.2) is 52.3 Å². The lowest BCUT2D eigenvalue weighted by atomic mass is 10.1. The highest BCUT2D eigenvalue weighted by atomic mass is 16.5. The highest BCUT2D eigenvalue weighted by Crippen LogP contribution is 2.16.